The van der Waals surface area contributed by atoms with Gasteiger partial charge in [-0.15, -0.1) is 0 Å². The van der Waals surface area contributed by atoms with Crippen LogP contribution in [-0.4, -0.2) is 30.6 Å². The lowest BCUT2D eigenvalue weighted by molar-refractivity contribution is -0.0749. The Bertz CT molecular complexity index is 497. The topological polar surface area (TPSA) is 55.6 Å². The quantitative estimate of drug-likeness (QED) is 0.657. The second-order valence-corrected chi connectivity index (χ2v) is 5.90. The van der Waals surface area contributed by atoms with Crippen LogP contribution in [0.25, 0.3) is 0 Å². The number of ketones is 1. The zero-order valence-electron chi connectivity index (χ0n) is 12.1. The highest BCUT2D eigenvalue weighted by molar-refractivity contribution is 6.00. The zero-order chi connectivity index (χ0) is 14.2. The first kappa shape index (κ1) is 13.9. The third-order valence-electron chi connectivity index (χ3n) is 3.35. The third kappa shape index (κ3) is 3.07. The second-order valence-electron chi connectivity index (χ2n) is 5.90. The lowest BCUT2D eigenvalue weighted by Crippen LogP contribution is -2.52. The van der Waals surface area contributed by atoms with Crippen molar-refractivity contribution in [2.24, 2.45) is 0 Å². The molecule has 1 unspecified atom stereocenters. The van der Waals surface area contributed by atoms with Crippen molar-refractivity contribution in [2.45, 2.75) is 39.4 Å². The van der Waals surface area contributed by atoms with Gasteiger partial charge in [0.2, 0.25) is 0 Å². The summed E-state index contributed by atoms with van der Waals surface area (Å²) in [6.07, 6.45) is 0.169. The Labute approximate surface area is 114 Å². The average molecular weight is 262 g/mol. The van der Waals surface area contributed by atoms with Crippen LogP contribution in [-0.2, 0) is 4.74 Å². The summed E-state index contributed by atoms with van der Waals surface area (Å²) in [6.45, 7) is 9.40. The Morgan fingerprint density at radius 3 is 2.74 bits per heavy atom. The molecule has 19 heavy (non-hydrogen) atoms. The van der Waals surface area contributed by atoms with Gasteiger partial charge < -0.3 is 15.4 Å². The Morgan fingerprint density at radius 2 is 2.16 bits per heavy atom. The maximum Gasteiger partial charge on any atom is 0.161 e. The normalized spacial score (nSPS) is 22.3. The fraction of sp³-hybridized carbons (Fsp3) is 0.533. The summed E-state index contributed by atoms with van der Waals surface area (Å²) in [6, 6.07) is 5.65. The molecule has 0 aliphatic carbocycles. The van der Waals surface area contributed by atoms with Gasteiger partial charge in [0.15, 0.2) is 5.78 Å². The molecule has 2 N–H and O–H groups in total. The number of benzene rings is 1. The lowest BCUT2D eigenvalue weighted by atomic mass is 10.0. The molecule has 0 saturated carbocycles. The van der Waals surface area contributed by atoms with Gasteiger partial charge in [-0.2, -0.15) is 0 Å². The molecule has 0 amide bonds. The molecule has 4 nitrogen and oxygen atoms in total. The zero-order valence-corrected chi connectivity index (χ0v) is 12.1. The number of nitrogen functional groups attached to an aromatic ring is 1. The predicted octanol–water partition coefficient (Wildman–Crippen LogP) is 2.48. The molecule has 1 saturated heterocycles. The van der Waals surface area contributed by atoms with Gasteiger partial charge in [0, 0.05) is 30.0 Å². The summed E-state index contributed by atoms with van der Waals surface area (Å²) in [5, 5.41) is 0. The number of hydrogen-bond donors (Lipinski definition) is 1. The maximum absolute atomic E-state index is 11.6. The first-order valence-corrected chi connectivity index (χ1v) is 6.62. The van der Waals surface area contributed by atoms with Gasteiger partial charge in [-0.25, -0.2) is 0 Å². The number of hydrogen-bond acceptors (Lipinski definition) is 4. The van der Waals surface area contributed by atoms with E-state index in [4.69, 9.17) is 10.5 Å². The molecule has 1 aromatic carbocycles. The smallest absolute Gasteiger partial charge is 0.161 e. The van der Waals surface area contributed by atoms with E-state index in [1.165, 1.54) is 0 Å². The molecule has 1 aliphatic rings. The molecular weight excluding hydrogens is 240 g/mol. The van der Waals surface area contributed by atoms with Crippen LogP contribution in [0.15, 0.2) is 18.2 Å². The van der Waals surface area contributed by atoms with E-state index >= 15 is 0 Å². The van der Waals surface area contributed by atoms with Gasteiger partial charge in [-0.3, -0.25) is 4.79 Å². The van der Waals surface area contributed by atoms with Crippen molar-refractivity contribution < 1.29 is 9.53 Å². The van der Waals surface area contributed by atoms with Crippen LogP contribution in [0.2, 0.25) is 0 Å². The highest BCUT2D eigenvalue weighted by atomic mass is 16.5. The predicted molar refractivity (Wildman–Crippen MR) is 77.7 cm³/mol. The molecule has 1 aromatic rings. The Kier molecular flexibility index (Phi) is 3.54. The highest BCUT2D eigenvalue weighted by Crippen LogP contribution is 2.28. The number of nitrogens with two attached hydrogens (primary N) is 1. The van der Waals surface area contributed by atoms with Crippen LogP contribution in [0.1, 0.15) is 38.1 Å². The van der Waals surface area contributed by atoms with Crippen molar-refractivity contribution in [1.29, 1.82) is 0 Å². The van der Waals surface area contributed by atoms with Crippen LogP contribution in [0.3, 0.4) is 0 Å². The first-order valence-electron chi connectivity index (χ1n) is 6.62. The fourth-order valence-electron chi connectivity index (χ4n) is 2.70. The first-order chi connectivity index (χ1) is 8.78. The summed E-state index contributed by atoms with van der Waals surface area (Å²) in [7, 11) is 0. The van der Waals surface area contributed by atoms with Crippen LogP contribution in [0.5, 0.6) is 0 Å². The van der Waals surface area contributed by atoms with Crippen molar-refractivity contribution >= 4 is 17.2 Å². The molecule has 4 heteroatoms. The highest BCUT2D eigenvalue weighted by Gasteiger charge is 2.31. The van der Waals surface area contributed by atoms with E-state index in [9.17, 15) is 4.79 Å². The molecule has 0 bridgehead atoms. The minimum absolute atomic E-state index is 0.0000758. The van der Waals surface area contributed by atoms with Gasteiger partial charge in [0.05, 0.1) is 11.7 Å². The van der Waals surface area contributed by atoms with Crippen LogP contribution >= 0.6 is 0 Å². The molecule has 1 atom stereocenters. The molecule has 2 rings (SSSR count). The van der Waals surface area contributed by atoms with E-state index < -0.39 is 0 Å². The van der Waals surface area contributed by atoms with E-state index in [0.717, 1.165) is 18.8 Å². The molecule has 0 spiro atoms. The van der Waals surface area contributed by atoms with Crippen LogP contribution < -0.4 is 10.6 Å². The lowest BCUT2D eigenvalue weighted by Gasteiger charge is -2.43. The average Bonchev–Trinajstić information content (AvgIpc) is 2.26. The van der Waals surface area contributed by atoms with E-state index in [1.807, 2.05) is 12.1 Å². The van der Waals surface area contributed by atoms with Crippen molar-refractivity contribution in [3.05, 3.63) is 23.8 Å². The standard InChI is InChI=1S/C15H22N2O2/c1-10-8-17(9-15(3,4)19-10)12-5-6-14(16)13(7-12)11(2)18/h5-7,10H,8-9,16H2,1-4H3. The van der Waals surface area contributed by atoms with Crippen molar-refractivity contribution in [1.82, 2.24) is 0 Å². The number of Topliss-reactive ketones (excluding diaryl/α,β-unsaturated/α-hetero) is 1. The van der Waals surface area contributed by atoms with Gasteiger partial charge in [0.25, 0.3) is 0 Å². The number of ether oxygens (including phenoxy) is 1. The molecular formula is C15H22N2O2. The van der Waals surface area contributed by atoms with E-state index in [-0.39, 0.29) is 17.5 Å². The summed E-state index contributed by atoms with van der Waals surface area (Å²) >= 11 is 0. The summed E-state index contributed by atoms with van der Waals surface area (Å²) in [4.78, 5) is 13.8. The third-order valence-corrected chi connectivity index (χ3v) is 3.35. The minimum atomic E-state index is -0.185. The van der Waals surface area contributed by atoms with Crippen LogP contribution in [0.4, 0.5) is 11.4 Å². The minimum Gasteiger partial charge on any atom is -0.398 e. The monoisotopic (exact) mass is 262 g/mol. The molecule has 0 aromatic heterocycles. The van der Waals surface area contributed by atoms with Gasteiger partial charge >= 0.3 is 0 Å². The Balaban J connectivity index is 2.31. The van der Waals surface area contributed by atoms with E-state index in [0.29, 0.717) is 11.3 Å². The van der Waals surface area contributed by atoms with E-state index in [1.54, 1.807) is 13.0 Å². The molecule has 1 heterocycles. The Morgan fingerprint density at radius 1 is 1.47 bits per heavy atom. The van der Waals surface area contributed by atoms with Crippen molar-refractivity contribution in [3.8, 4) is 0 Å². The molecule has 1 fully saturated rings. The number of carbonyl (C=O) groups excluding carboxylic acids is 1. The summed E-state index contributed by atoms with van der Waals surface area (Å²) < 4.78 is 5.89. The Hall–Kier alpha value is -1.55. The molecule has 104 valence electrons. The SMILES string of the molecule is CC(=O)c1cc(N2CC(C)OC(C)(C)C2)ccc1N. The molecule has 1 aliphatic heterocycles. The number of anilines is 2. The summed E-state index contributed by atoms with van der Waals surface area (Å²) in [5.74, 6) is -0.0000758. The second kappa shape index (κ2) is 4.85. The molecule has 0 radical (unpaired) electrons. The largest absolute Gasteiger partial charge is 0.398 e. The van der Waals surface area contributed by atoms with Crippen molar-refractivity contribution in [3.63, 3.8) is 0 Å². The number of nitrogens with zero attached hydrogens (tertiary/aromatic N) is 1. The van der Waals surface area contributed by atoms with Gasteiger partial charge in [-0.1, -0.05) is 0 Å². The number of morpholine rings is 1. The number of rotatable bonds is 2. The maximum atomic E-state index is 11.6. The summed E-state index contributed by atoms with van der Waals surface area (Å²) in [5.41, 5.74) is 7.81. The number of carbonyl (C=O) groups is 1. The van der Waals surface area contributed by atoms with Gasteiger partial charge in [-0.05, 0) is 45.9 Å². The fourth-order valence-corrected chi connectivity index (χ4v) is 2.70. The van der Waals surface area contributed by atoms with Crippen molar-refractivity contribution in [2.75, 3.05) is 23.7 Å². The van der Waals surface area contributed by atoms with Crippen LogP contribution in [0, 0.1) is 0 Å². The van der Waals surface area contributed by atoms with E-state index in [2.05, 4.69) is 25.7 Å². The van der Waals surface area contributed by atoms with Gasteiger partial charge in [0.1, 0.15) is 0 Å².